The number of carbonyl (C=O) groups is 2. The second-order valence-electron chi connectivity index (χ2n) is 7.11. The normalized spacial score (nSPS) is 12.0. The zero-order valence-corrected chi connectivity index (χ0v) is 17.8. The van der Waals surface area contributed by atoms with Gasteiger partial charge >= 0.3 is 5.97 Å². The topological polar surface area (TPSA) is 91.3 Å². The molecule has 0 aliphatic rings. The molecular formula is C25H21N3O3S. The van der Waals surface area contributed by atoms with Crippen LogP contribution in [0.25, 0.3) is 0 Å². The number of nitrogens with one attached hydrogen (secondary N) is 2. The van der Waals surface area contributed by atoms with E-state index < -0.39 is 17.6 Å². The summed E-state index contributed by atoms with van der Waals surface area (Å²) in [6.45, 7) is 0. The van der Waals surface area contributed by atoms with Gasteiger partial charge in [0.1, 0.15) is 5.54 Å². The van der Waals surface area contributed by atoms with Crippen molar-refractivity contribution in [3.63, 3.8) is 0 Å². The number of rotatable bonds is 9. The fraction of sp³-hybridized carbons (Fsp3) is 0.0800. The molecule has 0 saturated carbocycles. The Bertz CT molecular complexity index is 1080. The molecule has 160 valence electrons. The number of anilines is 1. The average molecular weight is 444 g/mol. The third kappa shape index (κ3) is 4.10. The Kier molecular flexibility index (Phi) is 6.28. The summed E-state index contributed by atoms with van der Waals surface area (Å²) in [5.74, 6) is -1.17. The Morgan fingerprint density at radius 2 is 1.34 bits per heavy atom. The number of nitrogens with zero attached hydrogens (tertiary/aromatic N) is 1. The molecular weight excluding hydrogens is 422 g/mol. The second kappa shape index (κ2) is 9.45. The van der Waals surface area contributed by atoms with Gasteiger partial charge in [-0.1, -0.05) is 91.0 Å². The number of carbonyl (C=O) groups excluding carboxylic acids is 1. The van der Waals surface area contributed by atoms with Gasteiger partial charge in [0.2, 0.25) is 6.41 Å². The van der Waals surface area contributed by atoms with Gasteiger partial charge in [-0.2, -0.15) is 0 Å². The summed E-state index contributed by atoms with van der Waals surface area (Å²) >= 11 is 1.29. The molecule has 7 heteroatoms. The van der Waals surface area contributed by atoms with Gasteiger partial charge in [0.05, 0.1) is 5.69 Å². The van der Waals surface area contributed by atoms with Gasteiger partial charge in [-0.05, 0) is 16.7 Å². The highest BCUT2D eigenvalue weighted by Gasteiger charge is 2.37. The van der Waals surface area contributed by atoms with E-state index in [1.165, 1.54) is 11.3 Å². The summed E-state index contributed by atoms with van der Waals surface area (Å²) in [5, 5.41) is 17.5. The standard InChI is InChI=1S/C25H21N3O3S/c29-17-26-22(23(30)31)21-16-32-24(27-21)28-25(18-10-4-1-5-11-18,19-12-6-2-7-13-19)20-14-8-3-9-15-20/h1-17,22H,(H,26,29)(H,27,28)(H,30,31). The molecule has 0 spiro atoms. The number of thiazole rings is 1. The molecule has 1 atom stereocenters. The van der Waals surface area contributed by atoms with Crippen molar-refractivity contribution in [3.8, 4) is 0 Å². The van der Waals surface area contributed by atoms with Crippen LogP contribution in [0, 0.1) is 0 Å². The van der Waals surface area contributed by atoms with Crippen molar-refractivity contribution in [2.45, 2.75) is 11.6 Å². The van der Waals surface area contributed by atoms with E-state index in [1.807, 2.05) is 54.6 Å². The van der Waals surface area contributed by atoms with Crippen LogP contribution in [0.5, 0.6) is 0 Å². The molecule has 3 N–H and O–H groups in total. The fourth-order valence-electron chi connectivity index (χ4n) is 3.77. The number of carboxylic acid groups (broad SMARTS) is 1. The Morgan fingerprint density at radius 3 is 1.75 bits per heavy atom. The first-order valence-electron chi connectivity index (χ1n) is 9.98. The summed E-state index contributed by atoms with van der Waals surface area (Å²) in [4.78, 5) is 27.0. The van der Waals surface area contributed by atoms with Crippen molar-refractivity contribution in [1.29, 1.82) is 0 Å². The molecule has 4 aromatic rings. The lowest BCUT2D eigenvalue weighted by molar-refractivity contribution is -0.140. The largest absolute Gasteiger partial charge is 0.479 e. The summed E-state index contributed by atoms with van der Waals surface area (Å²) < 4.78 is 0. The van der Waals surface area contributed by atoms with Crippen LogP contribution in [0.2, 0.25) is 0 Å². The van der Waals surface area contributed by atoms with E-state index in [1.54, 1.807) is 5.38 Å². The molecule has 1 amide bonds. The van der Waals surface area contributed by atoms with Gasteiger partial charge in [-0.15, -0.1) is 11.3 Å². The van der Waals surface area contributed by atoms with Crippen LogP contribution in [0.15, 0.2) is 96.4 Å². The predicted molar refractivity (Wildman–Crippen MR) is 125 cm³/mol. The Balaban J connectivity index is 1.88. The van der Waals surface area contributed by atoms with Gasteiger partial charge in [0.15, 0.2) is 11.2 Å². The monoisotopic (exact) mass is 443 g/mol. The van der Waals surface area contributed by atoms with Crippen LogP contribution in [0.3, 0.4) is 0 Å². The van der Waals surface area contributed by atoms with Crippen LogP contribution in [0.4, 0.5) is 5.13 Å². The van der Waals surface area contributed by atoms with Gasteiger partial charge in [0.25, 0.3) is 0 Å². The quantitative estimate of drug-likeness (QED) is 0.263. The number of hydrogen-bond acceptors (Lipinski definition) is 5. The molecule has 6 nitrogen and oxygen atoms in total. The first kappa shape index (κ1) is 21.3. The Labute approximate surface area is 189 Å². The minimum atomic E-state index is -1.21. The molecule has 0 bridgehead atoms. The smallest absolute Gasteiger partial charge is 0.332 e. The summed E-state index contributed by atoms with van der Waals surface area (Å²) in [5.41, 5.74) is 2.52. The van der Waals surface area contributed by atoms with Gasteiger partial charge in [-0.3, -0.25) is 4.79 Å². The number of benzene rings is 3. The van der Waals surface area contributed by atoms with E-state index in [0.717, 1.165) is 16.7 Å². The predicted octanol–water partition coefficient (Wildman–Crippen LogP) is 4.42. The molecule has 1 aromatic heterocycles. The highest BCUT2D eigenvalue weighted by atomic mass is 32.1. The third-order valence-corrected chi connectivity index (χ3v) is 5.99. The van der Waals surface area contributed by atoms with Crippen LogP contribution < -0.4 is 10.6 Å². The van der Waals surface area contributed by atoms with Crippen LogP contribution in [-0.2, 0) is 15.1 Å². The van der Waals surface area contributed by atoms with Gasteiger partial charge in [-0.25, -0.2) is 9.78 Å². The lowest BCUT2D eigenvalue weighted by Crippen LogP contribution is -2.38. The van der Waals surface area contributed by atoms with E-state index in [-0.39, 0.29) is 5.69 Å². The average Bonchev–Trinajstić information content (AvgIpc) is 3.30. The maximum atomic E-state index is 11.6. The number of carboxylic acids is 1. The SMILES string of the molecule is O=CNC(C(=O)O)c1csc(NC(c2ccccc2)(c2ccccc2)c2ccccc2)n1. The maximum absolute atomic E-state index is 11.6. The molecule has 0 saturated heterocycles. The van der Waals surface area contributed by atoms with Crippen LogP contribution in [-0.4, -0.2) is 22.5 Å². The number of aromatic nitrogens is 1. The van der Waals surface area contributed by atoms with Crippen molar-refractivity contribution in [2.24, 2.45) is 0 Å². The number of aliphatic carboxylic acids is 1. The fourth-order valence-corrected chi connectivity index (χ4v) is 4.56. The minimum absolute atomic E-state index is 0.264. The maximum Gasteiger partial charge on any atom is 0.332 e. The highest BCUT2D eigenvalue weighted by Crippen LogP contribution is 2.40. The molecule has 0 radical (unpaired) electrons. The molecule has 0 aliphatic heterocycles. The first-order chi connectivity index (χ1) is 15.6. The zero-order valence-electron chi connectivity index (χ0n) is 17.0. The minimum Gasteiger partial charge on any atom is -0.479 e. The molecule has 0 fully saturated rings. The molecule has 1 unspecified atom stereocenters. The summed E-state index contributed by atoms with van der Waals surface area (Å²) in [6, 6.07) is 28.9. The molecule has 3 aromatic carbocycles. The van der Waals surface area contributed by atoms with Crippen molar-refractivity contribution in [1.82, 2.24) is 10.3 Å². The van der Waals surface area contributed by atoms with Crippen molar-refractivity contribution < 1.29 is 14.7 Å². The highest BCUT2D eigenvalue weighted by molar-refractivity contribution is 7.13. The van der Waals surface area contributed by atoms with Crippen LogP contribution in [0.1, 0.15) is 28.4 Å². The Hall–Kier alpha value is -3.97. The van der Waals surface area contributed by atoms with Crippen molar-refractivity contribution in [3.05, 3.63) is 119 Å². The first-order valence-corrected chi connectivity index (χ1v) is 10.9. The lowest BCUT2D eigenvalue weighted by Gasteiger charge is -2.36. The third-order valence-electron chi connectivity index (χ3n) is 5.21. The molecule has 4 rings (SSSR count). The van der Waals surface area contributed by atoms with Gasteiger partial charge < -0.3 is 15.7 Å². The lowest BCUT2D eigenvalue weighted by atomic mass is 9.77. The van der Waals surface area contributed by atoms with Gasteiger partial charge in [0, 0.05) is 5.38 Å². The van der Waals surface area contributed by atoms with E-state index >= 15 is 0 Å². The van der Waals surface area contributed by atoms with E-state index in [0.29, 0.717) is 11.5 Å². The molecule has 1 heterocycles. The summed E-state index contributed by atoms with van der Waals surface area (Å²) in [6.07, 6.45) is 0.368. The van der Waals surface area contributed by atoms with Crippen molar-refractivity contribution >= 4 is 28.8 Å². The number of amides is 1. The zero-order chi connectivity index (χ0) is 22.4. The van der Waals surface area contributed by atoms with E-state index in [9.17, 15) is 14.7 Å². The molecule has 0 aliphatic carbocycles. The Morgan fingerprint density at radius 1 is 0.875 bits per heavy atom. The second-order valence-corrected chi connectivity index (χ2v) is 7.96. The van der Waals surface area contributed by atoms with Crippen molar-refractivity contribution in [2.75, 3.05) is 5.32 Å². The van der Waals surface area contributed by atoms with Crippen LogP contribution >= 0.6 is 11.3 Å². The summed E-state index contributed by atoms with van der Waals surface area (Å²) in [7, 11) is 0. The van der Waals surface area contributed by atoms with E-state index in [2.05, 4.69) is 52.0 Å². The molecule has 32 heavy (non-hydrogen) atoms. The van der Waals surface area contributed by atoms with E-state index in [4.69, 9.17) is 0 Å². The number of hydrogen-bond donors (Lipinski definition) is 3.